The molecule has 1 radical (unpaired) electrons. The smallest absolute Gasteiger partial charge is 0.00773 e. The van der Waals surface area contributed by atoms with E-state index in [9.17, 15) is 0 Å². The zero-order valence-electron chi connectivity index (χ0n) is 8.80. The van der Waals surface area contributed by atoms with E-state index in [-0.39, 0.29) is 0 Å². The average molecular weight is 182 g/mol. The summed E-state index contributed by atoms with van der Waals surface area (Å²) in [5, 5.41) is 0. The second kappa shape index (κ2) is 7.37. The van der Waals surface area contributed by atoms with Crippen LogP contribution in [0.5, 0.6) is 0 Å². The van der Waals surface area contributed by atoms with E-state index in [1.165, 1.54) is 57.8 Å². The lowest BCUT2D eigenvalue weighted by Gasteiger charge is -2.12. The van der Waals surface area contributed by atoms with Crippen molar-refractivity contribution in [1.82, 2.24) is 0 Å². The van der Waals surface area contributed by atoms with Crippen LogP contribution in [0.1, 0.15) is 57.8 Å². The fourth-order valence-corrected chi connectivity index (χ4v) is 2.21. The Labute approximate surface area is 83.1 Å². The van der Waals surface area contributed by atoms with Gasteiger partial charge in [-0.3, -0.25) is 0 Å². The van der Waals surface area contributed by atoms with Crippen LogP contribution < -0.4 is 5.73 Å². The summed E-state index contributed by atoms with van der Waals surface area (Å²) in [5.74, 6) is 1.00. The second-order valence-corrected chi connectivity index (χ2v) is 4.31. The first-order chi connectivity index (χ1) is 6.43. The van der Waals surface area contributed by atoms with Gasteiger partial charge in [-0.2, -0.15) is 0 Å². The number of rotatable bonds is 5. The van der Waals surface area contributed by atoms with Gasteiger partial charge in [-0.25, -0.2) is 0 Å². The molecule has 1 atom stereocenters. The molecule has 1 aliphatic carbocycles. The van der Waals surface area contributed by atoms with Gasteiger partial charge >= 0.3 is 0 Å². The molecule has 0 bridgehead atoms. The average Bonchev–Trinajstić information content (AvgIpc) is 2.41. The van der Waals surface area contributed by atoms with Crippen molar-refractivity contribution < 1.29 is 0 Å². The molecule has 1 rings (SSSR count). The summed E-state index contributed by atoms with van der Waals surface area (Å²) in [6, 6.07) is 0. The van der Waals surface area contributed by atoms with Gasteiger partial charge in [-0.05, 0) is 31.7 Å². The molecule has 1 aliphatic rings. The molecule has 1 saturated carbocycles. The molecule has 13 heavy (non-hydrogen) atoms. The molecule has 0 aliphatic heterocycles. The molecule has 0 saturated heterocycles. The number of hydrogen-bond acceptors (Lipinski definition) is 1. The molecule has 0 spiro atoms. The molecule has 0 aromatic rings. The van der Waals surface area contributed by atoms with Crippen molar-refractivity contribution in [3.63, 3.8) is 0 Å². The summed E-state index contributed by atoms with van der Waals surface area (Å²) in [4.78, 5) is 0. The third-order valence-corrected chi connectivity index (χ3v) is 3.09. The van der Waals surface area contributed by atoms with Crippen LogP contribution in [0.4, 0.5) is 0 Å². The maximum absolute atomic E-state index is 5.47. The van der Waals surface area contributed by atoms with Crippen molar-refractivity contribution in [2.24, 2.45) is 11.7 Å². The first-order valence-corrected chi connectivity index (χ1v) is 5.95. The van der Waals surface area contributed by atoms with Crippen LogP contribution in [-0.4, -0.2) is 6.54 Å². The van der Waals surface area contributed by atoms with Crippen LogP contribution in [0.15, 0.2) is 0 Å². The topological polar surface area (TPSA) is 26.0 Å². The summed E-state index contributed by atoms with van der Waals surface area (Å²) in [6.07, 6.45) is 15.0. The molecule has 0 aromatic heterocycles. The standard InChI is InChI=1S/C12H24N/c13-11-7-3-6-10-12-8-4-1-2-5-9-12/h4,12H,1-3,5-11,13H2. The molecule has 0 heterocycles. The van der Waals surface area contributed by atoms with Gasteiger partial charge in [0.15, 0.2) is 0 Å². The van der Waals surface area contributed by atoms with Gasteiger partial charge in [-0.15, -0.1) is 0 Å². The predicted molar refractivity (Wildman–Crippen MR) is 58.4 cm³/mol. The largest absolute Gasteiger partial charge is 0.330 e. The first kappa shape index (κ1) is 11.0. The zero-order chi connectivity index (χ0) is 9.36. The van der Waals surface area contributed by atoms with E-state index in [1.807, 2.05) is 0 Å². The third-order valence-electron chi connectivity index (χ3n) is 3.09. The molecular formula is C12H24N. The van der Waals surface area contributed by atoms with Gasteiger partial charge in [-0.1, -0.05) is 44.9 Å². The quantitative estimate of drug-likeness (QED) is 0.512. The summed E-state index contributed by atoms with van der Waals surface area (Å²) < 4.78 is 0. The summed E-state index contributed by atoms with van der Waals surface area (Å²) in [5.41, 5.74) is 5.47. The Balaban J connectivity index is 1.98. The predicted octanol–water partition coefficient (Wildman–Crippen LogP) is 3.29. The second-order valence-electron chi connectivity index (χ2n) is 4.31. The van der Waals surface area contributed by atoms with E-state index in [4.69, 9.17) is 5.73 Å². The van der Waals surface area contributed by atoms with Gasteiger partial charge < -0.3 is 5.73 Å². The lowest BCUT2D eigenvalue weighted by molar-refractivity contribution is 0.425. The molecule has 2 N–H and O–H groups in total. The molecule has 1 heteroatoms. The molecule has 0 amide bonds. The zero-order valence-corrected chi connectivity index (χ0v) is 8.80. The third kappa shape index (κ3) is 5.30. The van der Waals surface area contributed by atoms with Gasteiger partial charge in [0, 0.05) is 0 Å². The minimum absolute atomic E-state index is 0.872. The van der Waals surface area contributed by atoms with Crippen LogP contribution >= 0.6 is 0 Å². The fraction of sp³-hybridized carbons (Fsp3) is 0.917. The highest BCUT2D eigenvalue weighted by Crippen LogP contribution is 2.26. The Morgan fingerprint density at radius 2 is 2.08 bits per heavy atom. The van der Waals surface area contributed by atoms with Crippen molar-refractivity contribution in [2.45, 2.75) is 57.8 Å². The van der Waals surface area contributed by atoms with Crippen LogP contribution in [0.2, 0.25) is 0 Å². The number of nitrogens with two attached hydrogens (primary N) is 1. The fourth-order valence-electron chi connectivity index (χ4n) is 2.21. The van der Waals surface area contributed by atoms with Crippen molar-refractivity contribution in [3.8, 4) is 0 Å². The van der Waals surface area contributed by atoms with Crippen molar-refractivity contribution in [2.75, 3.05) is 6.54 Å². The maximum atomic E-state index is 5.47. The van der Waals surface area contributed by atoms with Crippen LogP contribution in [0.3, 0.4) is 0 Å². The van der Waals surface area contributed by atoms with E-state index in [0.29, 0.717) is 0 Å². The highest BCUT2D eigenvalue weighted by Gasteiger charge is 2.11. The minimum atomic E-state index is 0.872. The lowest BCUT2D eigenvalue weighted by Crippen LogP contribution is -2.01. The maximum Gasteiger partial charge on any atom is -0.00773 e. The van der Waals surface area contributed by atoms with Gasteiger partial charge in [0.2, 0.25) is 0 Å². The van der Waals surface area contributed by atoms with Gasteiger partial charge in [0.25, 0.3) is 0 Å². The summed E-state index contributed by atoms with van der Waals surface area (Å²) >= 11 is 0. The minimum Gasteiger partial charge on any atom is -0.330 e. The highest BCUT2D eigenvalue weighted by molar-refractivity contribution is 4.75. The molecule has 1 fully saturated rings. The molecular weight excluding hydrogens is 158 g/mol. The molecule has 77 valence electrons. The SMILES string of the molecule is NCCCCCC1C[CH]CCCC1. The Morgan fingerprint density at radius 1 is 1.15 bits per heavy atom. The van der Waals surface area contributed by atoms with E-state index >= 15 is 0 Å². The van der Waals surface area contributed by atoms with Gasteiger partial charge in [0.05, 0.1) is 0 Å². The van der Waals surface area contributed by atoms with Crippen LogP contribution in [0.25, 0.3) is 0 Å². The van der Waals surface area contributed by atoms with Crippen molar-refractivity contribution >= 4 is 0 Å². The van der Waals surface area contributed by atoms with Crippen molar-refractivity contribution in [1.29, 1.82) is 0 Å². The Kier molecular flexibility index (Phi) is 6.26. The van der Waals surface area contributed by atoms with E-state index in [1.54, 1.807) is 0 Å². The number of unbranched alkanes of at least 4 members (excludes halogenated alkanes) is 2. The Bertz CT molecular complexity index is 104. The first-order valence-electron chi connectivity index (χ1n) is 5.95. The van der Waals surface area contributed by atoms with Crippen LogP contribution in [-0.2, 0) is 0 Å². The van der Waals surface area contributed by atoms with E-state index in [2.05, 4.69) is 6.42 Å². The molecule has 1 nitrogen and oxygen atoms in total. The van der Waals surface area contributed by atoms with E-state index < -0.39 is 0 Å². The van der Waals surface area contributed by atoms with E-state index in [0.717, 1.165) is 12.5 Å². The lowest BCUT2D eigenvalue weighted by atomic mass is 9.94. The molecule has 1 unspecified atom stereocenters. The van der Waals surface area contributed by atoms with Crippen molar-refractivity contribution in [3.05, 3.63) is 6.42 Å². The van der Waals surface area contributed by atoms with Crippen LogP contribution in [0, 0.1) is 12.3 Å². The van der Waals surface area contributed by atoms with Gasteiger partial charge in [0.1, 0.15) is 0 Å². The molecule has 0 aromatic carbocycles. The monoisotopic (exact) mass is 182 g/mol. The summed E-state index contributed by atoms with van der Waals surface area (Å²) in [6.45, 7) is 0.872. The number of hydrogen-bond donors (Lipinski definition) is 1. The Hall–Kier alpha value is -0.0400. The summed E-state index contributed by atoms with van der Waals surface area (Å²) in [7, 11) is 0. The highest BCUT2D eigenvalue weighted by atomic mass is 14.5. The Morgan fingerprint density at radius 3 is 2.92 bits per heavy atom. The normalized spacial score (nSPS) is 20.1.